The molecule has 0 aromatic carbocycles. The van der Waals surface area contributed by atoms with E-state index in [2.05, 4.69) is 10.3 Å². The van der Waals surface area contributed by atoms with E-state index in [0.29, 0.717) is 17.5 Å². The Morgan fingerprint density at radius 1 is 1.45 bits per heavy atom. The summed E-state index contributed by atoms with van der Waals surface area (Å²) < 4.78 is 7.20. The lowest BCUT2D eigenvalue weighted by molar-refractivity contribution is 0.0948. The van der Waals surface area contributed by atoms with E-state index in [1.807, 2.05) is 47.5 Å². The van der Waals surface area contributed by atoms with Crippen LogP contribution in [0.5, 0.6) is 0 Å². The fourth-order valence-corrected chi connectivity index (χ4v) is 3.78. The van der Waals surface area contributed by atoms with Crippen LogP contribution in [0.15, 0.2) is 24.4 Å². The van der Waals surface area contributed by atoms with Gasteiger partial charge in [-0.25, -0.2) is 4.98 Å². The fourth-order valence-electron chi connectivity index (χ4n) is 2.70. The molecule has 22 heavy (non-hydrogen) atoms. The summed E-state index contributed by atoms with van der Waals surface area (Å²) in [7, 11) is 0. The number of aryl methyl sites for hydroxylation is 1. The third-order valence-corrected chi connectivity index (χ3v) is 5.21. The van der Waals surface area contributed by atoms with Crippen LogP contribution in [0.25, 0.3) is 5.65 Å². The first-order valence-corrected chi connectivity index (χ1v) is 8.72. The third kappa shape index (κ3) is 3.44. The molecule has 2 aromatic rings. The average molecular weight is 319 g/mol. The van der Waals surface area contributed by atoms with Crippen LogP contribution < -0.4 is 5.32 Å². The second kappa shape index (κ2) is 7.15. The van der Waals surface area contributed by atoms with E-state index >= 15 is 0 Å². The van der Waals surface area contributed by atoms with Gasteiger partial charge in [0.2, 0.25) is 0 Å². The number of nitrogens with one attached hydrogen (secondary N) is 1. The number of ether oxygens (including phenoxy) is 1. The van der Waals surface area contributed by atoms with Crippen molar-refractivity contribution in [1.29, 1.82) is 0 Å². The molecular weight excluding hydrogens is 298 g/mol. The number of rotatable bonds is 5. The van der Waals surface area contributed by atoms with Crippen LogP contribution >= 0.6 is 11.8 Å². The molecule has 0 radical (unpaired) electrons. The summed E-state index contributed by atoms with van der Waals surface area (Å²) in [5.74, 6) is 0.885. The maximum absolute atomic E-state index is 12.4. The van der Waals surface area contributed by atoms with Crippen LogP contribution in [0.4, 0.5) is 0 Å². The van der Waals surface area contributed by atoms with Crippen molar-refractivity contribution in [2.24, 2.45) is 0 Å². The molecule has 1 aliphatic rings. The zero-order valence-electron chi connectivity index (χ0n) is 12.7. The van der Waals surface area contributed by atoms with Crippen LogP contribution in [0.3, 0.4) is 0 Å². The highest BCUT2D eigenvalue weighted by Gasteiger charge is 2.17. The van der Waals surface area contributed by atoms with Gasteiger partial charge in [-0.2, -0.15) is 11.8 Å². The van der Waals surface area contributed by atoms with Gasteiger partial charge in [-0.05, 0) is 31.9 Å². The topological polar surface area (TPSA) is 55.6 Å². The van der Waals surface area contributed by atoms with Gasteiger partial charge in [0, 0.05) is 37.0 Å². The van der Waals surface area contributed by atoms with Crippen molar-refractivity contribution in [3.63, 3.8) is 0 Å². The second-order valence-electron chi connectivity index (χ2n) is 5.41. The molecule has 0 unspecified atom stereocenters. The highest BCUT2D eigenvalue weighted by molar-refractivity contribution is 7.99. The number of hydrogen-bond acceptors (Lipinski definition) is 4. The minimum Gasteiger partial charge on any atom is -0.381 e. The van der Waals surface area contributed by atoms with Crippen LogP contribution in [0, 0.1) is 6.92 Å². The summed E-state index contributed by atoms with van der Waals surface area (Å²) in [6, 6.07) is 5.74. The molecule has 0 bridgehead atoms. The van der Waals surface area contributed by atoms with E-state index < -0.39 is 0 Å². The molecule has 1 saturated heterocycles. The molecule has 6 heteroatoms. The highest BCUT2D eigenvalue weighted by Crippen LogP contribution is 2.21. The van der Waals surface area contributed by atoms with Crippen LogP contribution in [-0.4, -0.2) is 46.1 Å². The molecule has 1 aliphatic heterocycles. The van der Waals surface area contributed by atoms with Crippen LogP contribution in [-0.2, 0) is 4.74 Å². The number of thioether (sulfide) groups is 1. The lowest BCUT2D eigenvalue weighted by Gasteiger charge is -2.21. The quantitative estimate of drug-likeness (QED) is 0.859. The minimum atomic E-state index is -0.0521. The number of aromatic nitrogens is 2. The Labute approximate surface area is 134 Å². The van der Waals surface area contributed by atoms with Gasteiger partial charge in [0.15, 0.2) is 0 Å². The SMILES string of the molecule is Cc1nc2ccccn2c1C(=O)NCCSC1CCOCC1. The van der Waals surface area contributed by atoms with E-state index in [9.17, 15) is 4.79 Å². The van der Waals surface area contributed by atoms with Crippen molar-refractivity contribution in [3.05, 3.63) is 35.8 Å². The van der Waals surface area contributed by atoms with Crippen molar-refractivity contribution in [2.45, 2.75) is 25.0 Å². The number of carbonyl (C=O) groups is 1. The molecule has 0 aliphatic carbocycles. The predicted octanol–water partition coefficient (Wildman–Crippen LogP) is 2.28. The predicted molar refractivity (Wildman–Crippen MR) is 88.6 cm³/mol. The van der Waals surface area contributed by atoms with Crippen LogP contribution in [0.1, 0.15) is 29.0 Å². The molecule has 1 fully saturated rings. The van der Waals surface area contributed by atoms with Gasteiger partial charge in [0.25, 0.3) is 5.91 Å². The lowest BCUT2D eigenvalue weighted by Crippen LogP contribution is -2.28. The molecule has 1 amide bonds. The maximum Gasteiger partial charge on any atom is 0.270 e. The summed E-state index contributed by atoms with van der Waals surface area (Å²) in [6.07, 6.45) is 4.11. The first-order valence-electron chi connectivity index (χ1n) is 7.67. The molecule has 3 heterocycles. The number of imidazole rings is 1. The maximum atomic E-state index is 12.4. The Balaban J connectivity index is 1.54. The number of amides is 1. The molecule has 5 nitrogen and oxygen atoms in total. The minimum absolute atomic E-state index is 0.0521. The van der Waals surface area contributed by atoms with E-state index in [-0.39, 0.29) is 5.91 Å². The van der Waals surface area contributed by atoms with Crippen molar-refractivity contribution >= 4 is 23.3 Å². The Bertz CT molecular complexity index is 650. The van der Waals surface area contributed by atoms with Gasteiger partial charge < -0.3 is 10.1 Å². The highest BCUT2D eigenvalue weighted by atomic mass is 32.2. The van der Waals surface area contributed by atoms with Crippen LogP contribution in [0.2, 0.25) is 0 Å². The molecule has 0 atom stereocenters. The first-order chi connectivity index (χ1) is 10.8. The van der Waals surface area contributed by atoms with Gasteiger partial charge >= 0.3 is 0 Å². The molecule has 2 aromatic heterocycles. The normalized spacial score (nSPS) is 16.0. The zero-order valence-corrected chi connectivity index (χ0v) is 13.6. The average Bonchev–Trinajstić information content (AvgIpc) is 2.88. The van der Waals surface area contributed by atoms with E-state index in [1.165, 1.54) is 0 Å². The molecule has 1 N–H and O–H groups in total. The van der Waals surface area contributed by atoms with Gasteiger partial charge in [-0.1, -0.05) is 6.07 Å². The monoisotopic (exact) mass is 319 g/mol. The lowest BCUT2D eigenvalue weighted by atomic mass is 10.2. The fraction of sp³-hybridized carbons (Fsp3) is 0.500. The Kier molecular flexibility index (Phi) is 5.00. The Morgan fingerprint density at radius 3 is 3.09 bits per heavy atom. The third-order valence-electron chi connectivity index (χ3n) is 3.83. The van der Waals surface area contributed by atoms with Crippen molar-refractivity contribution in [2.75, 3.05) is 25.5 Å². The number of nitrogens with zero attached hydrogens (tertiary/aromatic N) is 2. The van der Waals surface area contributed by atoms with Crippen molar-refractivity contribution in [1.82, 2.24) is 14.7 Å². The zero-order chi connectivity index (χ0) is 15.4. The summed E-state index contributed by atoms with van der Waals surface area (Å²) in [5, 5.41) is 3.68. The molecule has 0 spiro atoms. The van der Waals surface area contributed by atoms with Crippen molar-refractivity contribution in [3.8, 4) is 0 Å². The molecular formula is C16H21N3O2S. The summed E-state index contributed by atoms with van der Waals surface area (Å²) in [4.78, 5) is 16.8. The standard InChI is InChI=1S/C16H21N3O2S/c1-12-15(19-8-3-2-4-14(19)18-12)16(20)17-7-11-22-13-5-9-21-10-6-13/h2-4,8,13H,5-7,9-11H2,1H3,(H,17,20). The first kappa shape index (κ1) is 15.4. The molecule has 118 valence electrons. The number of hydrogen-bond donors (Lipinski definition) is 1. The van der Waals surface area contributed by atoms with Gasteiger partial charge in [-0.3, -0.25) is 9.20 Å². The van der Waals surface area contributed by atoms with Gasteiger partial charge in [0.05, 0.1) is 5.69 Å². The van der Waals surface area contributed by atoms with E-state index in [0.717, 1.165) is 43.1 Å². The Morgan fingerprint density at radius 2 is 2.27 bits per heavy atom. The summed E-state index contributed by atoms with van der Waals surface area (Å²) in [6.45, 7) is 4.29. The number of carbonyl (C=O) groups excluding carboxylic acids is 1. The van der Waals surface area contributed by atoms with E-state index in [4.69, 9.17) is 4.74 Å². The van der Waals surface area contributed by atoms with Crippen molar-refractivity contribution < 1.29 is 9.53 Å². The second-order valence-corrected chi connectivity index (χ2v) is 6.82. The Hall–Kier alpha value is -1.53. The summed E-state index contributed by atoms with van der Waals surface area (Å²) >= 11 is 1.93. The van der Waals surface area contributed by atoms with E-state index in [1.54, 1.807) is 0 Å². The molecule has 0 saturated carbocycles. The molecule has 3 rings (SSSR count). The van der Waals surface area contributed by atoms with Gasteiger partial charge in [0.1, 0.15) is 11.3 Å². The number of fused-ring (bicyclic) bond motifs is 1. The summed E-state index contributed by atoms with van der Waals surface area (Å²) in [5.41, 5.74) is 2.20. The van der Waals surface area contributed by atoms with Gasteiger partial charge in [-0.15, -0.1) is 0 Å². The smallest absolute Gasteiger partial charge is 0.270 e. The number of pyridine rings is 1. The largest absolute Gasteiger partial charge is 0.381 e.